The lowest BCUT2D eigenvalue weighted by molar-refractivity contribution is 0.561. The van der Waals surface area contributed by atoms with Crippen LogP contribution in [0.4, 0.5) is 0 Å². The van der Waals surface area contributed by atoms with Crippen molar-refractivity contribution in [1.29, 1.82) is 0 Å². The Labute approximate surface area is 116 Å². The van der Waals surface area contributed by atoms with Crippen LogP contribution in [0.25, 0.3) is 0 Å². The maximum atomic E-state index is 12.1. The summed E-state index contributed by atoms with van der Waals surface area (Å²) in [4.78, 5) is 0.0283. The van der Waals surface area contributed by atoms with Crippen LogP contribution >= 0.6 is 11.6 Å². The van der Waals surface area contributed by atoms with Crippen LogP contribution in [0.2, 0.25) is 5.02 Å². The Balaban J connectivity index is 2.23. The molecule has 0 saturated carbocycles. The Morgan fingerprint density at radius 2 is 2.05 bits per heavy atom. The molecule has 19 heavy (non-hydrogen) atoms. The van der Waals surface area contributed by atoms with E-state index in [1.807, 2.05) is 0 Å². The Morgan fingerprint density at radius 3 is 2.68 bits per heavy atom. The van der Waals surface area contributed by atoms with Crippen LogP contribution in [-0.2, 0) is 23.1 Å². The van der Waals surface area contributed by atoms with Crippen LogP contribution in [0.15, 0.2) is 46.1 Å². The molecule has 1 aromatic heterocycles. The van der Waals surface area contributed by atoms with Crippen LogP contribution in [-0.4, -0.2) is 8.42 Å². The van der Waals surface area contributed by atoms with E-state index < -0.39 is 10.0 Å². The summed E-state index contributed by atoms with van der Waals surface area (Å²) in [5.74, 6) is 0. The van der Waals surface area contributed by atoms with Gasteiger partial charge in [-0.1, -0.05) is 17.7 Å². The normalized spacial score (nSPS) is 11.7. The molecule has 0 aliphatic heterocycles. The molecule has 0 fully saturated rings. The molecule has 5 nitrogen and oxygen atoms in total. The summed E-state index contributed by atoms with van der Waals surface area (Å²) in [5, 5.41) is 0.164. The average molecular weight is 301 g/mol. The van der Waals surface area contributed by atoms with E-state index >= 15 is 0 Å². The number of benzene rings is 1. The molecule has 1 aromatic carbocycles. The first kappa shape index (κ1) is 14.1. The molecule has 0 saturated heterocycles. The molecule has 1 heterocycles. The second kappa shape index (κ2) is 5.75. The summed E-state index contributed by atoms with van der Waals surface area (Å²) in [6.45, 7) is 0.392. The molecular weight excluding hydrogens is 288 g/mol. The van der Waals surface area contributed by atoms with E-state index in [2.05, 4.69) is 4.72 Å². The van der Waals surface area contributed by atoms with Crippen LogP contribution in [0.3, 0.4) is 0 Å². The van der Waals surface area contributed by atoms with Gasteiger partial charge in [0.15, 0.2) is 0 Å². The molecule has 0 unspecified atom stereocenters. The van der Waals surface area contributed by atoms with Gasteiger partial charge in [0.25, 0.3) is 0 Å². The van der Waals surface area contributed by atoms with E-state index in [0.717, 1.165) is 5.56 Å². The molecule has 0 spiro atoms. The van der Waals surface area contributed by atoms with Gasteiger partial charge in [-0.3, -0.25) is 0 Å². The van der Waals surface area contributed by atoms with Gasteiger partial charge in [-0.25, -0.2) is 13.1 Å². The number of nitrogens with two attached hydrogens (primary N) is 1. The Morgan fingerprint density at radius 1 is 1.26 bits per heavy atom. The summed E-state index contributed by atoms with van der Waals surface area (Å²) < 4.78 is 31.6. The van der Waals surface area contributed by atoms with Crippen molar-refractivity contribution in [3.63, 3.8) is 0 Å². The molecule has 0 radical (unpaired) electrons. The highest BCUT2D eigenvalue weighted by Crippen LogP contribution is 2.22. The van der Waals surface area contributed by atoms with Crippen molar-refractivity contribution in [3.05, 3.63) is 52.9 Å². The maximum absolute atomic E-state index is 12.1. The van der Waals surface area contributed by atoms with Gasteiger partial charge in [-0.2, -0.15) is 0 Å². The third-order valence-electron chi connectivity index (χ3n) is 2.57. The molecule has 102 valence electrons. The van der Waals surface area contributed by atoms with Crippen molar-refractivity contribution in [1.82, 2.24) is 4.72 Å². The summed E-state index contributed by atoms with van der Waals surface area (Å²) in [5.41, 5.74) is 6.93. The molecule has 2 rings (SSSR count). The molecule has 0 atom stereocenters. The quantitative estimate of drug-likeness (QED) is 0.882. The van der Waals surface area contributed by atoms with Crippen LogP contribution in [0.5, 0.6) is 0 Å². The SMILES string of the molecule is NCc1ccc(Cl)c(S(=O)(=O)NCc2ccoc2)c1. The largest absolute Gasteiger partial charge is 0.472 e. The summed E-state index contributed by atoms with van der Waals surface area (Å²) in [6.07, 6.45) is 2.95. The first-order valence-electron chi connectivity index (χ1n) is 5.52. The van der Waals surface area contributed by atoms with Gasteiger partial charge < -0.3 is 10.2 Å². The van der Waals surface area contributed by atoms with Crippen molar-refractivity contribution in [2.75, 3.05) is 0 Å². The van der Waals surface area contributed by atoms with Gasteiger partial charge in [0, 0.05) is 18.7 Å². The van der Waals surface area contributed by atoms with Crippen molar-refractivity contribution in [3.8, 4) is 0 Å². The standard InChI is InChI=1S/C12H13ClN2O3S/c13-11-2-1-9(6-14)5-12(11)19(16,17)15-7-10-3-4-18-8-10/h1-5,8,15H,6-7,14H2. The van der Waals surface area contributed by atoms with E-state index in [1.165, 1.54) is 24.7 Å². The molecule has 0 aliphatic rings. The number of hydrogen-bond donors (Lipinski definition) is 2. The number of hydrogen-bond acceptors (Lipinski definition) is 4. The fourth-order valence-corrected chi connectivity index (χ4v) is 3.10. The lowest BCUT2D eigenvalue weighted by Gasteiger charge is -2.09. The molecule has 0 bridgehead atoms. The Hall–Kier alpha value is -1.34. The van der Waals surface area contributed by atoms with E-state index in [-0.39, 0.29) is 23.0 Å². The lowest BCUT2D eigenvalue weighted by Crippen LogP contribution is -2.23. The molecule has 2 aromatic rings. The van der Waals surface area contributed by atoms with E-state index in [4.69, 9.17) is 21.8 Å². The molecule has 3 N–H and O–H groups in total. The maximum Gasteiger partial charge on any atom is 0.242 e. The van der Waals surface area contributed by atoms with Crippen molar-refractivity contribution < 1.29 is 12.8 Å². The first-order chi connectivity index (χ1) is 9.03. The van der Waals surface area contributed by atoms with Gasteiger partial charge >= 0.3 is 0 Å². The number of nitrogens with one attached hydrogen (secondary N) is 1. The molecular formula is C12H13ClN2O3S. The average Bonchev–Trinajstić information content (AvgIpc) is 2.90. The van der Waals surface area contributed by atoms with Crippen LogP contribution in [0, 0.1) is 0 Å². The van der Waals surface area contributed by atoms with E-state index in [1.54, 1.807) is 12.1 Å². The second-order valence-corrected chi connectivity index (χ2v) is 6.07. The van der Waals surface area contributed by atoms with Gasteiger partial charge in [0.2, 0.25) is 10.0 Å². The molecule has 0 aliphatic carbocycles. The lowest BCUT2D eigenvalue weighted by atomic mass is 10.2. The third kappa shape index (κ3) is 3.36. The van der Waals surface area contributed by atoms with Crippen molar-refractivity contribution in [2.45, 2.75) is 18.0 Å². The highest BCUT2D eigenvalue weighted by molar-refractivity contribution is 7.89. The van der Waals surface area contributed by atoms with Gasteiger partial charge in [0.05, 0.1) is 17.5 Å². The smallest absolute Gasteiger partial charge is 0.242 e. The first-order valence-corrected chi connectivity index (χ1v) is 7.38. The molecule has 7 heteroatoms. The second-order valence-electron chi connectivity index (χ2n) is 3.93. The highest BCUT2D eigenvalue weighted by atomic mass is 35.5. The topological polar surface area (TPSA) is 85.3 Å². The predicted molar refractivity (Wildman–Crippen MR) is 72.1 cm³/mol. The Bertz CT molecular complexity index is 654. The van der Waals surface area contributed by atoms with E-state index in [0.29, 0.717) is 5.56 Å². The van der Waals surface area contributed by atoms with Gasteiger partial charge in [-0.15, -0.1) is 0 Å². The molecule has 0 amide bonds. The third-order valence-corrected chi connectivity index (χ3v) is 4.45. The predicted octanol–water partition coefficient (Wildman–Crippen LogP) is 1.87. The van der Waals surface area contributed by atoms with Crippen LogP contribution in [0.1, 0.15) is 11.1 Å². The van der Waals surface area contributed by atoms with Gasteiger partial charge in [-0.05, 0) is 23.8 Å². The number of sulfonamides is 1. The fourth-order valence-electron chi connectivity index (χ4n) is 1.53. The summed E-state index contributed by atoms with van der Waals surface area (Å²) >= 11 is 5.92. The zero-order valence-electron chi connectivity index (χ0n) is 9.97. The van der Waals surface area contributed by atoms with E-state index in [9.17, 15) is 8.42 Å². The minimum Gasteiger partial charge on any atom is -0.472 e. The minimum atomic E-state index is -3.68. The van der Waals surface area contributed by atoms with Crippen LogP contribution < -0.4 is 10.5 Å². The number of halogens is 1. The summed E-state index contributed by atoms with van der Waals surface area (Å²) in [6, 6.07) is 6.37. The zero-order valence-corrected chi connectivity index (χ0v) is 11.5. The summed E-state index contributed by atoms with van der Waals surface area (Å²) in [7, 11) is -3.68. The number of furan rings is 1. The zero-order chi connectivity index (χ0) is 13.9. The van der Waals surface area contributed by atoms with Crippen molar-refractivity contribution >= 4 is 21.6 Å². The fraction of sp³-hybridized carbons (Fsp3) is 0.167. The van der Waals surface area contributed by atoms with Crippen molar-refractivity contribution in [2.24, 2.45) is 5.73 Å². The Kier molecular flexibility index (Phi) is 4.26. The minimum absolute atomic E-state index is 0.0283. The highest BCUT2D eigenvalue weighted by Gasteiger charge is 2.18. The number of rotatable bonds is 5. The van der Waals surface area contributed by atoms with Gasteiger partial charge in [0.1, 0.15) is 4.90 Å². The monoisotopic (exact) mass is 300 g/mol.